The molecule has 4 nitrogen and oxygen atoms in total. The summed E-state index contributed by atoms with van der Waals surface area (Å²) in [4.78, 5) is 14.1. The molecule has 0 amide bonds. The van der Waals surface area contributed by atoms with Crippen molar-refractivity contribution in [3.63, 3.8) is 0 Å². The number of piperidine rings is 2. The van der Waals surface area contributed by atoms with E-state index in [0.29, 0.717) is 12.0 Å². The van der Waals surface area contributed by atoms with Gasteiger partial charge in [0, 0.05) is 24.5 Å². The number of nitrogens with zero attached hydrogens (tertiary/aromatic N) is 4. The lowest BCUT2D eigenvalue weighted by Gasteiger charge is -2.42. The molecule has 0 atom stereocenters. The summed E-state index contributed by atoms with van der Waals surface area (Å²) < 4.78 is 0. The first kappa shape index (κ1) is 15.9. The molecule has 0 unspecified atom stereocenters. The molecule has 3 heterocycles. The molecule has 2 fully saturated rings. The van der Waals surface area contributed by atoms with E-state index in [1.807, 2.05) is 19.3 Å². The molecular weight excluding hydrogens is 272 g/mol. The molecule has 0 saturated carbocycles. The van der Waals surface area contributed by atoms with Crippen molar-refractivity contribution in [2.45, 2.75) is 64.5 Å². The molecule has 0 spiro atoms. The van der Waals surface area contributed by atoms with Crippen molar-refractivity contribution in [2.75, 3.05) is 26.2 Å². The van der Waals surface area contributed by atoms with Crippen LogP contribution in [-0.4, -0.2) is 58.0 Å². The van der Waals surface area contributed by atoms with Gasteiger partial charge in [-0.05, 0) is 84.1 Å². The first-order valence-corrected chi connectivity index (χ1v) is 8.90. The van der Waals surface area contributed by atoms with E-state index < -0.39 is 0 Å². The van der Waals surface area contributed by atoms with Gasteiger partial charge in [-0.2, -0.15) is 0 Å². The highest BCUT2D eigenvalue weighted by molar-refractivity contribution is 5.12. The second kappa shape index (κ2) is 7.05. The van der Waals surface area contributed by atoms with E-state index in [9.17, 15) is 0 Å². The average Bonchev–Trinajstić information content (AvgIpc) is 2.56. The minimum absolute atomic E-state index is 0.660. The van der Waals surface area contributed by atoms with Gasteiger partial charge in [-0.25, -0.2) is 9.97 Å². The number of hydrogen-bond donors (Lipinski definition) is 0. The van der Waals surface area contributed by atoms with Gasteiger partial charge in [-0.1, -0.05) is 0 Å². The Hall–Kier alpha value is -1.00. The van der Waals surface area contributed by atoms with Crippen molar-refractivity contribution in [3.8, 4) is 0 Å². The van der Waals surface area contributed by atoms with Gasteiger partial charge in [0.2, 0.25) is 0 Å². The van der Waals surface area contributed by atoms with E-state index in [4.69, 9.17) is 0 Å². The van der Waals surface area contributed by atoms with E-state index in [2.05, 4.69) is 33.6 Å². The molecule has 0 bridgehead atoms. The van der Waals surface area contributed by atoms with E-state index >= 15 is 0 Å². The van der Waals surface area contributed by atoms with Crippen LogP contribution < -0.4 is 0 Å². The van der Waals surface area contributed by atoms with E-state index in [0.717, 1.165) is 11.9 Å². The molecule has 3 rings (SSSR count). The Bertz CT molecular complexity index is 454. The monoisotopic (exact) mass is 302 g/mol. The summed E-state index contributed by atoms with van der Waals surface area (Å²) in [6.45, 7) is 11.6. The summed E-state index contributed by atoms with van der Waals surface area (Å²) >= 11 is 0. The Morgan fingerprint density at radius 3 is 2.09 bits per heavy atom. The number of aromatic nitrogens is 2. The fourth-order valence-electron chi connectivity index (χ4n) is 3.98. The van der Waals surface area contributed by atoms with Gasteiger partial charge in [0.15, 0.2) is 0 Å². The standard InChI is InChI=1S/C18H30N4/c1-14(2)21-10-6-18(7-11-21)22-8-4-16(5-9-22)17-12-19-15(3)20-13-17/h12-14,16,18H,4-11H2,1-3H3. The molecule has 1 aromatic rings. The molecule has 0 radical (unpaired) electrons. The maximum absolute atomic E-state index is 4.36. The van der Waals surface area contributed by atoms with E-state index in [-0.39, 0.29) is 0 Å². The summed E-state index contributed by atoms with van der Waals surface area (Å²) in [7, 11) is 0. The summed E-state index contributed by atoms with van der Waals surface area (Å²) in [5.74, 6) is 1.53. The molecular formula is C18H30N4. The van der Waals surface area contributed by atoms with Crippen molar-refractivity contribution in [1.29, 1.82) is 0 Å². The van der Waals surface area contributed by atoms with Crippen molar-refractivity contribution in [2.24, 2.45) is 0 Å². The predicted molar refractivity (Wildman–Crippen MR) is 90.0 cm³/mol. The summed E-state index contributed by atoms with van der Waals surface area (Å²) in [6.07, 6.45) is 9.27. The van der Waals surface area contributed by atoms with Crippen molar-refractivity contribution in [1.82, 2.24) is 19.8 Å². The molecule has 2 aliphatic heterocycles. The fraction of sp³-hybridized carbons (Fsp3) is 0.778. The van der Waals surface area contributed by atoms with Crippen LogP contribution in [0.25, 0.3) is 0 Å². The minimum Gasteiger partial charge on any atom is -0.301 e. The van der Waals surface area contributed by atoms with Gasteiger partial charge >= 0.3 is 0 Å². The van der Waals surface area contributed by atoms with Gasteiger partial charge in [0.05, 0.1) is 0 Å². The zero-order valence-electron chi connectivity index (χ0n) is 14.3. The quantitative estimate of drug-likeness (QED) is 0.859. The molecule has 0 aromatic carbocycles. The first-order chi connectivity index (χ1) is 10.6. The van der Waals surface area contributed by atoms with Crippen LogP contribution >= 0.6 is 0 Å². The lowest BCUT2D eigenvalue weighted by atomic mass is 9.89. The van der Waals surface area contributed by atoms with E-state index in [1.165, 1.54) is 57.4 Å². The van der Waals surface area contributed by atoms with Gasteiger partial charge in [0.25, 0.3) is 0 Å². The Kier molecular flexibility index (Phi) is 5.09. The molecule has 2 aliphatic rings. The molecule has 4 heteroatoms. The van der Waals surface area contributed by atoms with Crippen LogP contribution in [0.15, 0.2) is 12.4 Å². The lowest BCUT2D eigenvalue weighted by Crippen LogP contribution is -2.48. The molecule has 1 aromatic heterocycles. The number of aryl methyl sites for hydroxylation is 1. The van der Waals surface area contributed by atoms with Gasteiger partial charge in [-0.3, -0.25) is 0 Å². The van der Waals surface area contributed by atoms with Crippen LogP contribution in [0.5, 0.6) is 0 Å². The zero-order chi connectivity index (χ0) is 15.5. The topological polar surface area (TPSA) is 32.3 Å². The first-order valence-electron chi connectivity index (χ1n) is 8.90. The molecule has 22 heavy (non-hydrogen) atoms. The fourth-order valence-corrected chi connectivity index (χ4v) is 3.98. The van der Waals surface area contributed by atoms with Crippen molar-refractivity contribution < 1.29 is 0 Å². The Morgan fingerprint density at radius 2 is 1.55 bits per heavy atom. The smallest absolute Gasteiger partial charge is 0.125 e. The Balaban J connectivity index is 1.49. The molecule has 122 valence electrons. The van der Waals surface area contributed by atoms with E-state index in [1.54, 1.807) is 0 Å². The predicted octanol–water partition coefficient (Wildman–Crippen LogP) is 2.84. The molecule has 2 saturated heterocycles. The summed E-state index contributed by atoms with van der Waals surface area (Å²) in [5, 5.41) is 0. The van der Waals surface area contributed by atoms with Crippen LogP contribution in [0.4, 0.5) is 0 Å². The van der Waals surface area contributed by atoms with Crippen LogP contribution in [0, 0.1) is 6.92 Å². The highest BCUT2D eigenvalue weighted by atomic mass is 15.2. The van der Waals surface area contributed by atoms with Crippen LogP contribution in [0.1, 0.15) is 56.8 Å². The minimum atomic E-state index is 0.660. The Labute approximate surface area is 134 Å². The maximum atomic E-state index is 4.36. The number of rotatable bonds is 3. The third kappa shape index (κ3) is 3.66. The molecule has 0 aliphatic carbocycles. The zero-order valence-corrected chi connectivity index (χ0v) is 14.3. The van der Waals surface area contributed by atoms with Crippen molar-refractivity contribution in [3.05, 3.63) is 23.8 Å². The summed E-state index contributed by atoms with van der Waals surface area (Å²) in [5.41, 5.74) is 1.33. The SMILES string of the molecule is Cc1ncc(C2CCN(C3CCN(C(C)C)CC3)CC2)cn1. The second-order valence-corrected chi connectivity index (χ2v) is 7.23. The van der Waals surface area contributed by atoms with Crippen LogP contribution in [0.2, 0.25) is 0 Å². The number of likely N-dealkylation sites (tertiary alicyclic amines) is 2. The second-order valence-electron chi connectivity index (χ2n) is 7.23. The van der Waals surface area contributed by atoms with Gasteiger partial charge in [-0.15, -0.1) is 0 Å². The highest BCUT2D eigenvalue weighted by Crippen LogP contribution is 2.30. The number of hydrogen-bond acceptors (Lipinski definition) is 4. The van der Waals surface area contributed by atoms with Gasteiger partial charge < -0.3 is 9.80 Å². The van der Waals surface area contributed by atoms with Crippen LogP contribution in [-0.2, 0) is 0 Å². The third-order valence-electron chi connectivity index (χ3n) is 5.55. The maximum Gasteiger partial charge on any atom is 0.125 e. The van der Waals surface area contributed by atoms with Crippen LogP contribution in [0.3, 0.4) is 0 Å². The average molecular weight is 302 g/mol. The van der Waals surface area contributed by atoms with Crippen molar-refractivity contribution >= 4 is 0 Å². The largest absolute Gasteiger partial charge is 0.301 e. The summed E-state index contributed by atoms with van der Waals surface area (Å²) in [6, 6.07) is 1.51. The van der Waals surface area contributed by atoms with Gasteiger partial charge in [0.1, 0.15) is 5.82 Å². The molecule has 0 N–H and O–H groups in total. The Morgan fingerprint density at radius 1 is 0.955 bits per heavy atom. The highest BCUT2D eigenvalue weighted by Gasteiger charge is 2.29. The lowest BCUT2D eigenvalue weighted by molar-refractivity contribution is 0.0753. The normalized spacial score (nSPS) is 23.3. The third-order valence-corrected chi connectivity index (χ3v) is 5.55.